The molecule has 3 rings (SSSR count). The Morgan fingerprint density at radius 2 is 2.12 bits per heavy atom. The van der Waals surface area contributed by atoms with Gasteiger partial charge in [0.2, 0.25) is 0 Å². The fourth-order valence-corrected chi connectivity index (χ4v) is 2.16. The molecule has 1 aliphatic heterocycles. The molecule has 3 nitrogen and oxygen atoms in total. The highest BCUT2D eigenvalue weighted by Crippen LogP contribution is 2.17. The lowest BCUT2D eigenvalue weighted by atomic mass is 10.1. The molecule has 1 aromatic carbocycles. The number of benzene rings is 1. The Morgan fingerprint density at radius 1 is 1.25 bits per heavy atom. The maximum Gasteiger partial charge on any atom is 0.0456 e. The van der Waals surface area contributed by atoms with Gasteiger partial charge in [0.25, 0.3) is 0 Å². The maximum absolute atomic E-state index is 3.44. The highest BCUT2D eigenvalue weighted by atomic mass is 15.5. The van der Waals surface area contributed by atoms with E-state index in [2.05, 4.69) is 45.9 Å². The standard InChI is InChI=1S/C13H17N3/c1-2-5-13-12(4-1)11(10-14-13)6-7-15-16-8-3-9-16/h1-2,4-5,10,14-15H,3,6-9H2. The Bertz CT molecular complexity index is 471. The third-order valence-corrected chi connectivity index (χ3v) is 3.26. The Labute approximate surface area is 95.4 Å². The van der Waals surface area contributed by atoms with Gasteiger partial charge in [-0.25, -0.2) is 5.01 Å². The third-order valence-electron chi connectivity index (χ3n) is 3.26. The molecule has 0 spiro atoms. The van der Waals surface area contributed by atoms with E-state index in [1.54, 1.807) is 0 Å². The molecule has 0 radical (unpaired) electrons. The molecule has 0 amide bonds. The second kappa shape index (κ2) is 4.28. The van der Waals surface area contributed by atoms with Crippen molar-refractivity contribution < 1.29 is 0 Å². The van der Waals surface area contributed by atoms with Crippen molar-refractivity contribution in [1.82, 2.24) is 15.4 Å². The molecule has 2 N–H and O–H groups in total. The van der Waals surface area contributed by atoms with Gasteiger partial charge in [0.05, 0.1) is 0 Å². The smallest absolute Gasteiger partial charge is 0.0456 e. The summed E-state index contributed by atoms with van der Waals surface area (Å²) in [5.41, 5.74) is 6.09. The van der Waals surface area contributed by atoms with Gasteiger partial charge in [-0.1, -0.05) is 18.2 Å². The minimum atomic E-state index is 1.03. The molecule has 0 aliphatic carbocycles. The van der Waals surface area contributed by atoms with E-state index in [4.69, 9.17) is 0 Å². The van der Waals surface area contributed by atoms with Gasteiger partial charge in [-0.2, -0.15) is 0 Å². The average molecular weight is 215 g/mol. The number of aromatic amines is 1. The number of fused-ring (bicyclic) bond motifs is 1. The van der Waals surface area contributed by atoms with Crippen molar-refractivity contribution in [3.05, 3.63) is 36.0 Å². The van der Waals surface area contributed by atoms with Crippen LogP contribution in [0.15, 0.2) is 30.5 Å². The van der Waals surface area contributed by atoms with Gasteiger partial charge in [-0.3, -0.25) is 5.43 Å². The summed E-state index contributed by atoms with van der Waals surface area (Å²) in [4.78, 5) is 3.31. The van der Waals surface area contributed by atoms with Crippen LogP contribution in [0, 0.1) is 0 Å². The van der Waals surface area contributed by atoms with E-state index in [9.17, 15) is 0 Å². The predicted molar refractivity (Wildman–Crippen MR) is 66.2 cm³/mol. The van der Waals surface area contributed by atoms with Gasteiger partial charge >= 0.3 is 0 Å². The molecule has 2 heterocycles. The summed E-state index contributed by atoms with van der Waals surface area (Å²) >= 11 is 0. The Kier molecular flexibility index (Phi) is 2.64. The van der Waals surface area contributed by atoms with Gasteiger partial charge in [0.15, 0.2) is 0 Å². The predicted octanol–water partition coefficient (Wildman–Crippen LogP) is 1.92. The van der Waals surface area contributed by atoms with Crippen molar-refractivity contribution in [1.29, 1.82) is 0 Å². The molecule has 0 bridgehead atoms. The first-order valence-corrected chi connectivity index (χ1v) is 5.97. The van der Waals surface area contributed by atoms with Crippen LogP contribution in [0.5, 0.6) is 0 Å². The van der Waals surface area contributed by atoms with Crippen LogP contribution < -0.4 is 5.43 Å². The fourth-order valence-electron chi connectivity index (χ4n) is 2.16. The molecule has 0 atom stereocenters. The molecule has 1 aromatic heterocycles. The summed E-state index contributed by atoms with van der Waals surface area (Å²) in [6, 6.07) is 8.48. The average Bonchev–Trinajstić information content (AvgIpc) is 2.65. The topological polar surface area (TPSA) is 31.1 Å². The molecule has 16 heavy (non-hydrogen) atoms. The van der Waals surface area contributed by atoms with E-state index in [1.807, 2.05) is 0 Å². The van der Waals surface area contributed by atoms with E-state index in [0.717, 1.165) is 13.0 Å². The minimum Gasteiger partial charge on any atom is -0.361 e. The summed E-state index contributed by atoms with van der Waals surface area (Å²) < 4.78 is 0. The molecule has 84 valence electrons. The second-order valence-electron chi connectivity index (χ2n) is 4.36. The van der Waals surface area contributed by atoms with Crippen molar-refractivity contribution >= 4 is 10.9 Å². The number of rotatable bonds is 4. The van der Waals surface area contributed by atoms with Crippen LogP contribution in [0.1, 0.15) is 12.0 Å². The van der Waals surface area contributed by atoms with E-state index < -0.39 is 0 Å². The number of hydrogen-bond donors (Lipinski definition) is 2. The lowest BCUT2D eigenvalue weighted by Crippen LogP contribution is -2.48. The van der Waals surface area contributed by atoms with Gasteiger partial charge in [0, 0.05) is 36.7 Å². The normalized spacial score (nSPS) is 16.5. The summed E-state index contributed by atoms with van der Waals surface area (Å²) in [6.07, 6.45) is 4.54. The van der Waals surface area contributed by atoms with E-state index in [-0.39, 0.29) is 0 Å². The third kappa shape index (κ3) is 1.84. The summed E-state index contributed by atoms with van der Waals surface area (Å²) in [7, 11) is 0. The summed E-state index contributed by atoms with van der Waals surface area (Å²) in [5, 5.41) is 3.64. The Morgan fingerprint density at radius 3 is 2.94 bits per heavy atom. The Balaban J connectivity index is 1.64. The number of nitrogens with one attached hydrogen (secondary N) is 2. The quantitative estimate of drug-likeness (QED) is 0.816. The number of hydrazine groups is 1. The number of nitrogens with zero attached hydrogens (tertiary/aromatic N) is 1. The van der Waals surface area contributed by atoms with E-state index >= 15 is 0 Å². The first-order valence-electron chi connectivity index (χ1n) is 5.97. The van der Waals surface area contributed by atoms with Gasteiger partial charge in [0.1, 0.15) is 0 Å². The number of aromatic nitrogens is 1. The molecule has 0 saturated carbocycles. The maximum atomic E-state index is 3.44. The van der Waals surface area contributed by atoms with Crippen LogP contribution in [0.3, 0.4) is 0 Å². The van der Waals surface area contributed by atoms with Crippen molar-refractivity contribution in [2.45, 2.75) is 12.8 Å². The van der Waals surface area contributed by atoms with Gasteiger partial charge in [-0.15, -0.1) is 0 Å². The van der Waals surface area contributed by atoms with E-state index in [0.29, 0.717) is 0 Å². The SMILES string of the molecule is c1ccc2c(CCNN3CCC3)c[nH]c2c1. The summed E-state index contributed by atoms with van der Waals surface area (Å²) in [6.45, 7) is 3.43. The molecule has 3 heteroatoms. The van der Waals surface area contributed by atoms with Gasteiger partial charge in [-0.05, 0) is 24.5 Å². The highest BCUT2D eigenvalue weighted by Gasteiger charge is 2.12. The summed E-state index contributed by atoms with van der Waals surface area (Å²) in [5.74, 6) is 0. The molecule has 2 aromatic rings. The van der Waals surface area contributed by atoms with Crippen molar-refractivity contribution in [2.75, 3.05) is 19.6 Å². The zero-order valence-electron chi connectivity index (χ0n) is 9.37. The van der Waals surface area contributed by atoms with Crippen LogP contribution in [-0.2, 0) is 6.42 Å². The first-order chi connectivity index (χ1) is 7.93. The zero-order valence-corrected chi connectivity index (χ0v) is 9.37. The lowest BCUT2D eigenvalue weighted by molar-refractivity contribution is 0.110. The number of H-pyrrole nitrogens is 1. The molecule has 1 fully saturated rings. The van der Waals surface area contributed by atoms with Crippen molar-refractivity contribution in [3.63, 3.8) is 0 Å². The van der Waals surface area contributed by atoms with Crippen molar-refractivity contribution in [3.8, 4) is 0 Å². The monoisotopic (exact) mass is 215 g/mol. The molecule has 0 unspecified atom stereocenters. The molecular weight excluding hydrogens is 198 g/mol. The first kappa shape index (κ1) is 9.87. The van der Waals surface area contributed by atoms with Gasteiger partial charge < -0.3 is 4.98 Å². The Hall–Kier alpha value is -1.32. The molecular formula is C13H17N3. The number of hydrogen-bond acceptors (Lipinski definition) is 2. The molecule has 1 saturated heterocycles. The van der Waals surface area contributed by atoms with Crippen LogP contribution >= 0.6 is 0 Å². The zero-order chi connectivity index (χ0) is 10.8. The second-order valence-corrected chi connectivity index (χ2v) is 4.36. The molecule has 1 aliphatic rings. The van der Waals surface area contributed by atoms with Crippen LogP contribution in [0.2, 0.25) is 0 Å². The number of para-hydroxylation sites is 1. The fraction of sp³-hybridized carbons (Fsp3) is 0.385. The van der Waals surface area contributed by atoms with E-state index in [1.165, 1.54) is 36.0 Å². The van der Waals surface area contributed by atoms with Crippen LogP contribution in [-0.4, -0.2) is 29.6 Å². The lowest BCUT2D eigenvalue weighted by Gasteiger charge is -2.31. The minimum absolute atomic E-state index is 1.03. The van der Waals surface area contributed by atoms with Crippen LogP contribution in [0.4, 0.5) is 0 Å². The van der Waals surface area contributed by atoms with Crippen molar-refractivity contribution in [2.24, 2.45) is 0 Å². The van der Waals surface area contributed by atoms with Crippen LogP contribution in [0.25, 0.3) is 10.9 Å². The largest absolute Gasteiger partial charge is 0.361 e. The highest BCUT2D eigenvalue weighted by molar-refractivity contribution is 5.83.